The van der Waals surface area contributed by atoms with Gasteiger partial charge in [0.1, 0.15) is 17.3 Å². The summed E-state index contributed by atoms with van der Waals surface area (Å²) in [5.74, 6) is 1.91. The lowest BCUT2D eigenvalue weighted by Gasteiger charge is -2.31. The number of nitrogens with one attached hydrogen (secondary N) is 2. The average molecular weight is 498 g/mol. The van der Waals surface area contributed by atoms with Gasteiger partial charge in [-0.3, -0.25) is 9.36 Å². The van der Waals surface area contributed by atoms with Crippen molar-refractivity contribution >= 4 is 28.7 Å². The highest BCUT2D eigenvalue weighted by Crippen LogP contribution is 2.29. The van der Waals surface area contributed by atoms with Crippen LogP contribution in [0.15, 0.2) is 73.1 Å². The molecule has 8 nitrogen and oxygen atoms in total. The van der Waals surface area contributed by atoms with Gasteiger partial charge in [0.15, 0.2) is 0 Å². The molecule has 4 aromatic rings. The van der Waals surface area contributed by atoms with Gasteiger partial charge in [-0.2, -0.15) is 0 Å². The molecule has 1 fully saturated rings. The SMILES string of the molecule is CCN1CCC(c2ccc(C(=O)Nc3cc(Oc4ccc5c(ccn5C(=O)NC)c4)ccn3)cc2)CC1. The normalized spacial score (nSPS) is 14.4. The van der Waals surface area contributed by atoms with Crippen LogP contribution in [0.5, 0.6) is 11.5 Å². The minimum atomic E-state index is -0.214. The van der Waals surface area contributed by atoms with Crippen LogP contribution in [0.4, 0.5) is 10.6 Å². The molecule has 1 aliphatic heterocycles. The van der Waals surface area contributed by atoms with E-state index in [1.54, 1.807) is 42.2 Å². The fraction of sp³-hybridized carbons (Fsp3) is 0.276. The molecule has 0 atom stereocenters. The van der Waals surface area contributed by atoms with Gasteiger partial charge < -0.3 is 20.3 Å². The number of nitrogens with zero attached hydrogens (tertiary/aromatic N) is 3. The molecule has 2 aromatic carbocycles. The van der Waals surface area contributed by atoms with E-state index in [1.165, 1.54) is 5.56 Å². The number of ether oxygens (including phenoxy) is 1. The molecular weight excluding hydrogens is 466 g/mol. The van der Waals surface area contributed by atoms with Crippen LogP contribution in [-0.4, -0.2) is 53.1 Å². The number of likely N-dealkylation sites (tertiary alicyclic amines) is 1. The maximum Gasteiger partial charge on any atom is 0.325 e. The van der Waals surface area contributed by atoms with E-state index in [0.717, 1.165) is 43.4 Å². The number of hydrogen-bond acceptors (Lipinski definition) is 5. The highest BCUT2D eigenvalue weighted by molar-refractivity contribution is 6.03. The molecule has 0 aliphatic carbocycles. The third kappa shape index (κ3) is 5.49. The van der Waals surface area contributed by atoms with Crippen molar-refractivity contribution in [2.24, 2.45) is 0 Å². The first kappa shape index (κ1) is 24.5. The average Bonchev–Trinajstić information content (AvgIpc) is 3.36. The number of anilines is 1. The summed E-state index contributed by atoms with van der Waals surface area (Å²) in [7, 11) is 1.60. The van der Waals surface area contributed by atoms with E-state index in [-0.39, 0.29) is 11.9 Å². The number of pyridine rings is 1. The van der Waals surface area contributed by atoms with Crippen LogP contribution in [0.2, 0.25) is 0 Å². The molecule has 1 aliphatic rings. The summed E-state index contributed by atoms with van der Waals surface area (Å²) in [5.41, 5.74) is 2.67. The molecule has 8 heteroatoms. The lowest BCUT2D eigenvalue weighted by atomic mass is 9.89. The number of fused-ring (bicyclic) bond motifs is 1. The summed E-state index contributed by atoms with van der Waals surface area (Å²) in [5, 5.41) is 6.36. The highest BCUT2D eigenvalue weighted by Gasteiger charge is 2.20. The number of carbonyl (C=O) groups is 2. The van der Waals surface area contributed by atoms with Crippen molar-refractivity contribution in [1.29, 1.82) is 0 Å². The summed E-state index contributed by atoms with van der Waals surface area (Å²) in [6, 6.07) is 18.5. The topological polar surface area (TPSA) is 88.5 Å². The van der Waals surface area contributed by atoms with Crippen molar-refractivity contribution in [3.05, 3.63) is 84.2 Å². The molecule has 0 spiro atoms. The Morgan fingerprint density at radius 1 is 1.00 bits per heavy atom. The Kier molecular flexibility index (Phi) is 7.18. The second-order valence-electron chi connectivity index (χ2n) is 9.23. The Morgan fingerprint density at radius 2 is 1.76 bits per heavy atom. The molecule has 2 amide bonds. The van der Waals surface area contributed by atoms with Crippen LogP contribution < -0.4 is 15.4 Å². The van der Waals surface area contributed by atoms with Crippen LogP contribution in [0.1, 0.15) is 41.6 Å². The predicted molar refractivity (Wildman–Crippen MR) is 145 cm³/mol. The third-order valence-corrected chi connectivity index (χ3v) is 6.98. The molecule has 1 saturated heterocycles. The summed E-state index contributed by atoms with van der Waals surface area (Å²) >= 11 is 0. The number of carbonyl (C=O) groups excluding carboxylic acids is 2. The van der Waals surface area contributed by atoms with E-state index in [1.807, 2.05) is 30.3 Å². The van der Waals surface area contributed by atoms with Crippen molar-refractivity contribution in [3.8, 4) is 11.5 Å². The van der Waals surface area contributed by atoms with Crippen molar-refractivity contribution < 1.29 is 14.3 Å². The van der Waals surface area contributed by atoms with Gasteiger partial charge in [-0.25, -0.2) is 9.78 Å². The predicted octanol–water partition coefficient (Wildman–Crippen LogP) is 5.47. The van der Waals surface area contributed by atoms with E-state index in [2.05, 4.69) is 39.6 Å². The zero-order valence-corrected chi connectivity index (χ0v) is 21.1. The van der Waals surface area contributed by atoms with Gasteiger partial charge in [0.05, 0.1) is 5.52 Å². The zero-order valence-electron chi connectivity index (χ0n) is 21.1. The molecule has 2 aromatic heterocycles. The maximum atomic E-state index is 12.8. The first-order valence-electron chi connectivity index (χ1n) is 12.6. The third-order valence-electron chi connectivity index (χ3n) is 6.98. The van der Waals surface area contributed by atoms with Crippen molar-refractivity contribution in [3.63, 3.8) is 0 Å². The minimum Gasteiger partial charge on any atom is -0.457 e. The Bertz CT molecular complexity index is 1400. The second-order valence-corrected chi connectivity index (χ2v) is 9.23. The molecule has 0 bridgehead atoms. The quantitative estimate of drug-likeness (QED) is 0.369. The maximum absolute atomic E-state index is 12.8. The summed E-state index contributed by atoms with van der Waals surface area (Å²) in [6.45, 7) is 5.57. The summed E-state index contributed by atoms with van der Waals surface area (Å²) < 4.78 is 7.55. The van der Waals surface area contributed by atoms with Crippen LogP contribution >= 0.6 is 0 Å². The van der Waals surface area contributed by atoms with Gasteiger partial charge in [-0.05, 0) is 86.4 Å². The fourth-order valence-corrected chi connectivity index (χ4v) is 4.84. The first-order chi connectivity index (χ1) is 18.0. The van der Waals surface area contributed by atoms with E-state index in [4.69, 9.17) is 4.74 Å². The Labute approximate surface area is 216 Å². The monoisotopic (exact) mass is 497 g/mol. The highest BCUT2D eigenvalue weighted by atomic mass is 16.5. The molecule has 5 rings (SSSR count). The number of aromatic nitrogens is 2. The van der Waals surface area contributed by atoms with Crippen LogP contribution in [0.25, 0.3) is 10.9 Å². The minimum absolute atomic E-state index is 0.204. The molecule has 0 radical (unpaired) electrons. The number of rotatable bonds is 6. The molecule has 37 heavy (non-hydrogen) atoms. The van der Waals surface area contributed by atoms with Gasteiger partial charge in [0.25, 0.3) is 5.91 Å². The lowest BCUT2D eigenvalue weighted by molar-refractivity contribution is 0.102. The first-order valence-corrected chi connectivity index (χ1v) is 12.6. The van der Waals surface area contributed by atoms with E-state index < -0.39 is 0 Å². The number of amides is 2. The van der Waals surface area contributed by atoms with E-state index >= 15 is 0 Å². The van der Waals surface area contributed by atoms with Gasteiger partial charge >= 0.3 is 6.03 Å². The van der Waals surface area contributed by atoms with Crippen molar-refractivity contribution in [1.82, 2.24) is 19.8 Å². The summed E-state index contributed by atoms with van der Waals surface area (Å²) in [4.78, 5) is 31.6. The second kappa shape index (κ2) is 10.8. The van der Waals surface area contributed by atoms with Gasteiger partial charge in [0, 0.05) is 36.5 Å². The number of piperidine rings is 1. The van der Waals surface area contributed by atoms with Crippen LogP contribution in [0, 0.1) is 0 Å². The van der Waals surface area contributed by atoms with Gasteiger partial charge in [-0.1, -0.05) is 19.1 Å². The Hall–Kier alpha value is -4.17. The molecule has 0 unspecified atom stereocenters. The molecule has 190 valence electrons. The molecule has 3 heterocycles. The van der Waals surface area contributed by atoms with Crippen molar-refractivity contribution in [2.75, 3.05) is 32.0 Å². The standard InChI is InChI=1S/C29H31N5O3/c1-3-33-15-11-21(12-16-33)20-4-6-22(7-5-20)28(35)32-27-19-25(10-14-31-27)37-24-8-9-26-23(18-24)13-17-34(26)29(36)30-2/h4-10,13-14,17-19,21H,3,11-12,15-16H2,1-2H3,(H,30,36)(H,31,32,35). The van der Waals surface area contributed by atoms with Crippen molar-refractivity contribution in [2.45, 2.75) is 25.7 Å². The number of hydrogen-bond donors (Lipinski definition) is 2. The summed E-state index contributed by atoms with van der Waals surface area (Å²) in [6.07, 6.45) is 5.62. The molecule has 0 saturated carbocycles. The Balaban J connectivity index is 1.23. The Morgan fingerprint density at radius 3 is 2.49 bits per heavy atom. The lowest BCUT2D eigenvalue weighted by Crippen LogP contribution is -2.32. The van der Waals surface area contributed by atoms with Gasteiger partial charge in [-0.15, -0.1) is 0 Å². The largest absolute Gasteiger partial charge is 0.457 e. The zero-order chi connectivity index (χ0) is 25.8. The molecular formula is C29H31N5O3. The molecule has 2 N–H and O–H groups in total. The van der Waals surface area contributed by atoms with E-state index in [9.17, 15) is 9.59 Å². The number of benzene rings is 2. The van der Waals surface area contributed by atoms with E-state index in [0.29, 0.717) is 28.8 Å². The van der Waals surface area contributed by atoms with Gasteiger partial charge in [0.2, 0.25) is 0 Å². The fourth-order valence-electron chi connectivity index (χ4n) is 4.84. The van der Waals surface area contributed by atoms with Crippen LogP contribution in [-0.2, 0) is 0 Å². The van der Waals surface area contributed by atoms with Crippen LogP contribution in [0.3, 0.4) is 0 Å². The smallest absolute Gasteiger partial charge is 0.325 e.